The third-order valence-electron chi connectivity index (χ3n) is 3.11. The molecule has 1 N–H and O–H groups in total. The number of benzene rings is 1. The number of anilines is 1. The molecule has 1 aliphatic rings. The van der Waals surface area contributed by atoms with E-state index in [1.165, 1.54) is 18.9 Å². The maximum absolute atomic E-state index is 10.7. The lowest BCUT2D eigenvalue weighted by molar-refractivity contribution is -0.385. The van der Waals surface area contributed by atoms with E-state index in [0.717, 1.165) is 18.0 Å². The molecule has 1 unspecified atom stereocenters. The lowest BCUT2D eigenvalue weighted by Gasteiger charge is -2.14. The molecule has 5 heteroatoms. The first kappa shape index (κ1) is 12.4. The number of nitrogens with zero attached hydrogens (tertiary/aromatic N) is 2. The summed E-state index contributed by atoms with van der Waals surface area (Å²) in [6.07, 6.45) is 3.71. The molecule has 1 atom stereocenters. The predicted molar refractivity (Wildman–Crippen MR) is 68.2 cm³/mol. The van der Waals surface area contributed by atoms with Gasteiger partial charge in [0.15, 0.2) is 0 Å². The number of nitrogens with one attached hydrogen (secondary N) is 1. The van der Waals surface area contributed by atoms with Gasteiger partial charge in [0.05, 0.1) is 4.92 Å². The van der Waals surface area contributed by atoms with E-state index in [1.807, 2.05) is 6.07 Å². The maximum Gasteiger partial charge on any atom is 0.287 e. The molecule has 94 valence electrons. The van der Waals surface area contributed by atoms with E-state index in [-0.39, 0.29) is 11.3 Å². The molecule has 0 aliphatic heterocycles. The summed E-state index contributed by atoms with van der Waals surface area (Å²) in [6.45, 7) is 2.09. The van der Waals surface area contributed by atoms with E-state index in [0.29, 0.717) is 6.04 Å². The fraction of sp³-hybridized carbons (Fsp3) is 0.462. The first-order chi connectivity index (χ1) is 8.60. The largest absolute Gasteiger partial charge is 0.383 e. The molecule has 0 amide bonds. The van der Waals surface area contributed by atoms with Crippen LogP contribution in [0.3, 0.4) is 0 Å². The van der Waals surface area contributed by atoms with Gasteiger partial charge in [-0.05, 0) is 31.4 Å². The van der Waals surface area contributed by atoms with Gasteiger partial charge in [0.1, 0.15) is 11.6 Å². The summed E-state index contributed by atoms with van der Waals surface area (Å²) in [5, 5.41) is 22.9. The monoisotopic (exact) mass is 245 g/mol. The summed E-state index contributed by atoms with van der Waals surface area (Å²) < 4.78 is 0. The van der Waals surface area contributed by atoms with Gasteiger partial charge < -0.3 is 5.32 Å². The smallest absolute Gasteiger partial charge is 0.287 e. The van der Waals surface area contributed by atoms with Crippen LogP contribution in [0.5, 0.6) is 0 Å². The average Bonchev–Trinajstić information content (AvgIpc) is 3.12. The minimum Gasteiger partial charge on any atom is -0.383 e. The fourth-order valence-electron chi connectivity index (χ4n) is 2.07. The molecular formula is C13H15N3O2. The van der Waals surface area contributed by atoms with Crippen molar-refractivity contribution >= 4 is 11.4 Å². The highest BCUT2D eigenvalue weighted by atomic mass is 16.6. The summed E-state index contributed by atoms with van der Waals surface area (Å²) in [5.41, 5.74) is 0.729. The lowest BCUT2D eigenvalue weighted by atomic mass is 10.1. The molecule has 0 saturated heterocycles. The Bertz CT molecular complexity index is 503. The Kier molecular flexibility index (Phi) is 3.47. The highest BCUT2D eigenvalue weighted by molar-refractivity contribution is 5.58. The average molecular weight is 245 g/mol. The third kappa shape index (κ3) is 2.98. The minimum atomic E-state index is -0.532. The van der Waals surface area contributed by atoms with Crippen molar-refractivity contribution < 1.29 is 4.92 Å². The van der Waals surface area contributed by atoms with Crippen LogP contribution < -0.4 is 5.32 Å². The van der Waals surface area contributed by atoms with Gasteiger partial charge in [-0.2, -0.15) is 5.26 Å². The second-order valence-corrected chi connectivity index (χ2v) is 4.83. The van der Waals surface area contributed by atoms with Crippen LogP contribution >= 0.6 is 0 Å². The highest BCUT2D eigenvalue weighted by Gasteiger charge is 2.23. The summed E-state index contributed by atoms with van der Waals surface area (Å²) >= 11 is 0. The van der Waals surface area contributed by atoms with Gasteiger partial charge in [0.2, 0.25) is 0 Å². The molecule has 0 heterocycles. The normalized spacial score (nSPS) is 15.8. The van der Waals surface area contributed by atoms with Gasteiger partial charge in [-0.15, -0.1) is 0 Å². The van der Waals surface area contributed by atoms with Crippen LogP contribution in [0.4, 0.5) is 11.4 Å². The summed E-state index contributed by atoms with van der Waals surface area (Å²) in [7, 11) is 0. The molecule has 1 saturated carbocycles. The molecule has 1 aromatic rings. The number of nitro groups is 1. The topological polar surface area (TPSA) is 79.0 Å². The first-order valence-corrected chi connectivity index (χ1v) is 6.05. The van der Waals surface area contributed by atoms with Crippen molar-refractivity contribution in [2.24, 2.45) is 5.92 Å². The molecule has 0 spiro atoms. The molecule has 1 aliphatic carbocycles. The van der Waals surface area contributed by atoms with Crippen LogP contribution in [0, 0.1) is 27.4 Å². The second-order valence-electron chi connectivity index (χ2n) is 4.83. The molecule has 1 fully saturated rings. The van der Waals surface area contributed by atoms with E-state index in [2.05, 4.69) is 12.2 Å². The van der Waals surface area contributed by atoms with Crippen molar-refractivity contribution in [1.29, 1.82) is 5.26 Å². The van der Waals surface area contributed by atoms with Gasteiger partial charge in [0, 0.05) is 17.8 Å². The Balaban J connectivity index is 2.09. The van der Waals surface area contributed by atoms with Crippen LogP contribution in [-0.2, 0) is 0 Å². The zero-order chi connectivity index (χ0) is 13.1. The van der Waals surface area contributed by atoms with Gasteiger partial charge in [0.25, 0.3) is 5.69 Å². The van der Waals surface area contributed by atoms with Gasteiger partial charge in [-0.1, -0.05) is 12.8 Å². The van der Waals surface area contributed by atoms with E-state index >= 15 is 0 Å². The fourth-order valence-corrected chi connectivity index (χ4v) is 2.07. The Morgan fingerprint density at radius 1 is 1.61 bits per heavy atom. The second kappa shape index (κ2) is 5.05. The molecule has 1 aromatic carbocycles. The van der Waals surface area contributed by atoms with E-state index in [9.17, 15) is 10.1 Å². The van der Waals surface area contributed by atoms with Crippen molar-refractivity contribution in [3.8, 4) is 6.07 Å². The predicted octanol–water partition coefficient (Wildman–Crippen LogP) is 3.07. The summed E-state index contributed by atoms with van der Waals surface area (Å²) in [6, 6.07) is 6.76. The molecule has 5 nitrogen and oxygen atoms in total. The Morgan fingerprint density at radius 2 is 2.33 bits per heavy atom. The summed E-state index contributed by atoms with van der Waals surface area (Å²) in [4.78, 5) is 10.2. The molecule has 0 bridgehead atoms. The molecule has 0 radical (unpaired) electrons. The van der Waals surface area contributed by atoms with Crippen LogP contribution in [0.15, 0.2) is 18.2 Å². The Morgan fingerprint density at radius 3 is 2.89 bits per heavy atom. The highest BCUT2D eigenvalue weighted by Crippen LogP contribution is 2.34. The first-order valence-electron chi connectivity index (χ1n) is 6.05. The zero-order valence-corrected chi connectivity index (χ0v) is 10.2. The van der Waals surface area contributed by atoms with Crippen molar-refractivity contribution in [2.75, 3.05) is 5.32 Å². The van der Waals surface area contributed by atoms with Crippen LogP contribution in [0.1, 0.15) is 31.7 Å². The lowest BCUT2D eigenvalue weighted by Crippen LogP contribution is -2.15. The van der Waals surface area contributed by atoms with Crippen molar-refractivity contribution in [3.05, 3.63) is 33.9 Å². The van der Waals surface area contributed by atoms with Crippen LogP contribution in [-0.4, -0.2) is 11.0 Å². The molecular weight excluding hydrogens is 230 g/mol. The third-order valence-corrected chi connectivity index (χ3v) is 3.11. The van der Waals surface area contributed by atoms with Crippen LogP contribution in [0.2, 0.25) is 0 Å². The number of nitro benzene ring substituents is 1. The van der Waals surface area contributed by atoms with E-state index in [4.69, 9.17) is 5.26 Å². The standard InChI is InChI=1S/C13H15N3O2/c1-9(6-10-2-3-10)15-12-4-5-13(16(17)18)11(7-12)8-14/h4-5,7,9-10,15H,2-3,6H2,1H3. The van der Waals surface area contributed by atoms with Gasteiger partial charge in [-0.3, -0.25) is 10.1 Å². The number of rotatable bonds is 5. The SMILES string of the molecule is CC(CC1CC1)Nc1ccc([N+](=O)[O-])c(C#N)c1. The Hall–Kier alpha value is -2.09. The molecule has 2 rings (SSSR count). The van der Waals surface area contributed by atoms with Crippen molar-refractivity contribution in [1.82, 2.24) is 0 Å². The van der Waals surface area contributed by atoms with E-state index < -0.39 is 4.92 Å². The van der Waals surface area contributed by atoms with Gasteiger partial charge >= 0.3 is 0 Å². The molecule has 18 heavy (non-hydrogen) atoms. The Labute approximate surface area is 106 Å². The number of hydrogen-bond donors (Lipinski definition) is 1. The maximum atomic E-state index is 10.7. The van der Waals surface area contributed by atoms with Crippen molar-refractivity contribution in [2.45, 2.75) is 32.2 Å². The quantitative estimate of drug-likeness (QED) is 0.638. The zero-order valence-electron chi connectivity index (χ0n) is 10.2. The number of hydrogen-bond acceptors (Lipinski definition) is 4. The van der Waals surface area contributed by atoms with Gasteiger partial charge in [-0.25, -0.2) is 0 Å². The van der Waals surface area contributed by atoms with E-state index in [1.54, 1.807) is 12.1 Å². The number of nitriles is 1. The minimum absolute atomic E-state index is 0.101. The molecule has 0 aromatic heterocycles. The summed E-state index contributed by atoms with van der Waals surface area (Å²) in [5.74, 6) is 0.820. The van der Waals surface area contributed by atoms with Crippen LogP contribution in [0.25, 0.3) is 0 Å². The van der Waals surface area contributed by atoms with Crippen molar-refractivity contribution in [3.63, 3.8) is 0 Å².